The summed E-state index contributed by atoms with van der Waals surface area (Å²) in [4.78, 5) is 13.2. The highest BCUT2D eigenvalue weighted by Crippen LogP contribution is 2.22. The van der Waals surface area contributed by atoms with E-state index in [0.717, 1.165) is 5.56 Å². The molecule has 8 heteroatoms. The number of carbonyl (C=O) groups is 1. The Bertz CT molecular complexity index is 1200. The van der Waals surface area contributed by atoms with E-state index >= 15 is 0 Å². The second kappa shape index (κ2) is 10.6. The third kappa shape index (κ3) is 6.40. The van der Waals surface area contributed by atoms with Gasteiger partial charge in [-0.3, -0.25) is 4.79 Å². The van der Waals surface area contributed by atoms with Crippen LogP contribution >= 0.6 is 0 Å². The van der Waals surface area contributed by atoms with Crippen molar-refractivity contribution in [2.75, 3.05) is 7.11 Å². The van der Waals surface area contributed by atoms with Crippen molar-refractivity contribution in [3.8, 4) is 5.75 Å². The number of methoxy groups -OCH3 is 1. The molecule has 0 saturated heterocycles. The van der Waals surface area contributed by atoms with E-state index in [1.165, 1.54) is 31.4 Å². The zero-order valence-corrected chi connectivity index (χ0v) is 19.5. The molecular formula is C25H27FN2O4S. The maximum absolute atomic E-state index is 13.2. The predicted molar refractivity (Wildman–Crippen MR) is 125 cm³/mol. The summed E-state index contributed by atoms with van der Waals surface area (Å²) >= 11 is 0. The third-order valence-corrected chi connectivity index (χ3v) is 6.77. The molecule has 0 bridgehead atoms. The van der Waals surface area contributed by atoms with Crippen LogP contribution in [0.2, 0.25) is 0 Å². The van der Waals surface area contributed by atoms with Crippen LogP contribution in [0.4, 0.5) is 4.39 Å². The normalized spacial score (nSPS) is 13.2. The van der Waals surface area contributed by atoms with E-state index in [4.69, 9.17) is 4.74 Å². The number of halogens is 1. The summed E-state index contributed by atoms with van der Waals surface area (Å²) in [7, 11) is -2.48. The summed E-state index contributed by atoms with van der Waals surface area (Å²) in [6, 6.07) is 18.0. The fourth-order valence-corrected chi connectivity index (χ4v) is 4.74. The first kappa shape index (κ1) is 24.4. The Hall–Kier alpha value is -3.23. The van der Waals surface area contributed by atoms with Gasteiger partial charge >= 0.3 is 0 Å². The molecule has 2 atom stereocenters. The van der Waals surface area contributed by atoms with Crippen molar-refractivity contribution in [1.82, 2.24) is 10.0 Å². The smallest absolute Gasteiger partial charge is 0.241 e. The Balaban J connectivity index is 1.84. The van der Waals surface area contributed by atoms with Gasteiger partial charge in [0.05, 0.1) is 18.0 Å². The fourth-order valence-electron chi connectivity index (χ4n) is 3.46. The van der Waals surface area contributed by atoms with Crippen LogP contribution in [0.1, 0.15) is 29.7 Å². The summed E-state index contributed by atoms with van der Waals surface area (Å²) in [5.74, 6) is -0.285. The van der Waals surface area contributed by atoms with Crippen molar-refractivity contribution in [2.24, 2.45) is 0 Å². The van der Waals surface area contributed by atoms with Crippen LogP contribution in [-0.2, 0) is 21.2 Å². The monoisotopic (exact) mass is 470 g/mol. The van der Waals surface area contributed by atoms with E-state index in [1.54, 1.807) is 32.0 Å². The molecule has 0 aliphatic carbocycles. The zero-order chi connectivity index (χ0) is 24.0. The maximum atomic E-state index is 13.2. The van der Waals surface area contributed by atoms with Gasteiger partial charge in [0.15, 0.2) is 0 Å². The largest absolute Gasteiger partial charge is 0.496 e. The van der Waals surface area contributed by atoms with Gasteiger partial charge in [-0.15, -0.1) is 0 Å². The van der Waals surface area contributed by atoms with Gasteiger partial charge in [-0.2, -0.15) is 4.72 Å². The summed E-state index contributed by atoms with van der Waals surface area (Å²) in [6.45, 7) is 3.50. The number of carbonyl (C=O) groups excluding carboxylic acids is 1. The van der Waals surface area contributed by atoms with Crippen LogP contribution in [-0.4, -0.2) is 27.5 Å². The van der Waals surface area contributed by atoms with Crippen molar-refractivity contribution in [3.05, 3.63) is 95.3 Å². The molecule has 0 aromatic heterocycles. The lowest BCUT2D eigenvalue weighted by atomic mass is 10.0. The van der Waals surface area contributed by atoms with Gasteiger partial charge in [-0.05, 0) is 67.3 Å². The number of nitrogens with one attached hydrogen (secondary N) is 2. The molecule has 0 spiro atoms. The predicted octanol–water partition coefficient (Wildman–Crippen LogP) is 3.91. The van der Waals surface area contributed by atoms with Gasteiger partial charge in [0.25, 0.3) is 0 Å². The standard InChI is InChI=1S/C25H27FN2O4S/c1-17-15-22(13-14-24(17)32-3)33(30,31)28-23(16-19-7-5-4-6-8-19)25(29)27-18(2)20-9-11-21(26)12-10-20/h4-15,18,23,28H,16H2,1-3H3,(H,27,29)/t18-,23+/m1/s1. The van der Waals surface area contributed by atoms with Gasteiger partial charge in [0, 0.05) is 0 Å². The van der Waals surface area contributed by atoms with Crippen molar-refractivity contribution in [2.45, 2.75) is 37.2 Å². The minimum absolute atomic E-state index is 0.0400. The van der Waals surface area contributed by atoms with Crippen LogP contribution in [0.3, 0.4) is 0 Å². The molecule has 0 aliphatic heterocycles. The van der Waals surface area contributed by atoms with E-state index in [2.05, 4.69) is 10.0 Å². The second-order valence-corrected chi connectivity index (χ2v) is 9.49. The molecule has 0 heterocycles. The highest BCUT2D eigenvalue weighted by molar-refractivity contribution is 7.89. The number of sulfonamides is 1. The Morgan fingerprint density at radius 3 is 2.30 bits per heavy atom. The van der Waals surface area contributed by atoms with Crippen LogP contribution in [0.5, 0.6) is 5.75 Å². The lowest BCUT2D eigenvalue weighted by Crippen LogP contribution is -2.48. The van der Waals surface area contributed by atoms with Gasteiger partial charge in [0.2, 0.25) is 15.9 Å². The highest BCUT2D eigenvalue weighted by atomic mass is 32.2. The Morgan fingerprint density at radius 2 is 1.70 bits per heavy atom. The van der Waals surface area contributed by atoms with Gasteiger partial charge in [-0.25, -0.2) is 12.8 Å². The van der Waals surface area contributed by atoms with Crippen LogP contribution < -0.4 is 14.8 Å². The lowest BCUT2D eigenvalue weighted by Gasteiger charge is -2.22. The zero-order valence-electron chi connectivity index (χ0n) is 18.7. The Morgan fingerprint density at radius 1 is 1.03 bits per heavy atom. The third-order valence-electron chi connectivity index (χ3n) is 5.30. The minimum Gasteiger partial charge on any atom is -0.496 e. The van der Waals surface area contributed by atoms with E-state index < -0.39 is 28.0 Å². The molecule has 1 amide bonds. The van der Waals surface area contributed by atoms with Gasteiger partial charge in [0.1, 0.15) is 17.6 Å². The van der Waals surface area contributed by atoms with Crippen LogP contribution in [0.15, 0.2) is 77.7 Å². The highest BCUT2D eigenvalue weighted by Gasteiger charge is 2.27. The van der Waals surface area contributed by atoms with E-state index in [0.29, 0.717) is 16.9 Å². The molecule has 0 fully saturated rings. The number of aryl methyl sites for hydroxylation is 1. The number of hydrogen-bond acceptors (Lipinski definition) is 4. The quantitative estimate of drug-likeness (QED) is 0.497. The molecule has 33 heavy (non-hydrogen) atoms. The van der Waals surface area contributed by atoms with Gasteiger partial charge in [-0.1, -0.05) is 42.5 Å². The SMILES string of the molecule is COc1ccc(S(=O)(=O)N[C@@H](Cc2ccccc2)C(=O)N[C@H](C)c2ccc(F)cc2)cc1C. The average Bonchev–Trinajstić information content (AvgIpc) is 2.79. The van der Waals surface area contributed by atoms with Crippen molar-refractivity contribution in [3.63, 3.8) is 0 Å². The number of hydrogen-bond donors (Lipinski definition) is 2. The molecule has 0 radical (unpaired) electrons. The Kier molecular flexibility index (Phi) is 7.84. The van der Waals surface area contributed by atoms with E-state index in [9.17, 15) is 17.6 Å². The summed E-state index contributed by atoms with van der Waals surface area (Å²) in [5.41, 5.74) is 2.17. The molecule has 0 saturated carbocycles. The van der Waals surface area contributed by atoms with Crippen LogP contribution in [0, 0.1) is 12.7 Å². The first-order valence-electron chi connectivity index (χ1n) is 10.5. The minimum atomic E-state index is -3.99. The second-order valence-electron chi connectivity index (χ2n) is 7.78. The molecule has 3 aromatic carbocycles. The first-order chi connectivity index (χ1) is 15.7. The topological polar surface area (TPSA) is 84.5 Å². The molecule has 3 aromatic rings. The number of amides is 1. The fraction of sp³-hybridized carbons (Fsp3) is 0.240. The maximum Gasteiger partial charge on any atom is 0.241 e. The summed E-state index contributed by atoms with van der Waals surface area (Å²) in [6.07, 6.45) is 0.164. The number of ether oxygens (including phenoxy) is 1. The van der Waals surface area contributed by atoms with Crippen LogP contribution in [0.25, 0.3) is 0 Å². The summed E-state index contributed by atoms with van der Waals surface area (Å²) < 4.78 is 47.2. The van der Waals surface area contributed by atoms with Crippen molar-refractivity contribution >= 4 is 15.9 Å². The molecule has 174 valence electrons. The summed E-state index contributed by atoms with van der Waals surface area (Å²) in [5, 5.41) is 2.83. The molecule has 0 unspecified atom stereocenters. The van der Waals surface area contributed by atoms with E-state index in [1.807, 2.05) is 30.3 Å². The molecule has 0 aliphatic rings. The first-order valence-corrected chi connectivity index (χ1v) is 11.9. The van der Waals surface area contributed by atoms with Crippen molar-refractivity contribution < 1.29 is 22.3 Å². The molecule has 6 nitrogen and oxygen atoms in total. The van der Waals surface area contributed by atoms with E-state index in [-0.39, 0.29) is 17.1 Å². The Labute approximate surface area is 193 Å². The van der Waals surface area contributed by atoms with Gasteiger partial charge < -0.3 is 10.1 Å². The number of rotatable bonds is 9. The molecule has 2 N–H and O–H groups in total. The van der Waals surface area contributed by atoms with Crippen molar-refractivity contribution in [1.29, 1.82) is 0 Å². The molecule has 3 rings (SSSR count). The number of benzene rings is 3. The average molecular weight is 471 g/mol. The molecular weight excluding hydrogens is 443 g/mol. The lowest BCUT2D eigenvalue weighted by molar-refractivity contribution is -0.123.